The van der Waals surface area contributed by atoms with Crippen molar-refractivity contribution in [1.29, 1.82) is 0 Å². The van der Waals surface area contributed by atoms with Crippen molar-refractivity contribution in [2.24, 2.45) is 20.0 Å². The number of nitrogens with zero attached hydrogens (tertiary/aromatic N) is 5. The number of aromatic nitrogens is 5. The van der Waals surface area contributed by atoms with Crippen molar-refractivity contribution in [3.63, 3.8) is 0 Å². The van der Waals surface area contributed by atoms with E-state index in [2.05, 4.69) is 14.7 Å². The van der Waals surface area contributed by atoms with E-state index in [1.807, 2.05) is 0 Å². The predicted molar refractivity (Wildman–Crippen MR) is 148 cm³/mol. The van der Waals surface area contributed by atoms with Gasteiger partial charge in [0.05, 0.1) is 23.0 Å². The molecular formula is C27H25Cl2F2N5O6. The maximum absolute atomic E-state index is 13.3. The van der Waals surface area contributed by atoms with Crippen LogP contribution in [-0.4, -0.2) is 42.9 Å². The zero-order chi connectivity index (χ0) is 30.1. The van der Waals surface area contributed by atoms with Gasteiger partial charge in [-0.25, -0.2) is 9.78 Å². The summed E-state index contributed by atoms with van der Waals surface area (Å²) in [5.41, 5.74) is -0.208. The van der Waals surface area contributed by atoms with Crippen LogP contribution in [0.5, 0.6) is 11.5 Å². The van der Waals surface area contributed by atoms with Gasteiger partial charge in [0.2, 0.25) is 0 Å². The highest BCUT2D eigenvalue weighted by Gasteiger charge is 2.26. The van der Waals surface area contributed by atoms with E-state index in [4.69, 9.17) is 32.7 Å². The van der Waals surface area contributed by atoms with Gasteiger partial charge in [0, 0.05) is 32.9 Å². The fraction of sp³-hybridized carbons (Fsp3) is 0.370. The smallest absolute Gasteiger partial charge is 0.387 e. The van der Waals surface area contributed by atoms with Crippen LogP contribution in [0.15, 0.2) is 46.5 Å². The first kappa shape index (κ1) is 29.5. The topological polar surface area (TPSA) is 119 Å². The number of hydrogen-bond donors (Lipinski definition) is 0. The molecule has 0 bridgehead atoms. The van der Waals surface area contributed by atoms with Crippen LogP contribution >= 0.6 is 23.2 Å². The maximum atomic E-state index is 13.3. The molecular weight excluding hydrogens is 599 g/mol. The Kier molecular flexibility index (Phi) is 8.50. The molecule has 15 heteroatoms. The lowest BCUT2D eigenvalue weighted by molar-refractivity contribution is -0.150. The monoisotopic (exact) mass is 623 g/mol. The van der Waals surface area contributed by atoms with E-state index < -0.39 is 36.5 Å². The van der Waals surface area contributed by atoms with Gasteiger partial charge in [-0.15, -0.1) is 0 Å². The van der Waals surface area contributed by atoms with Crippen molar-refractivity contribution in [3.8, 4) is 11.5 Å². The molecule has 1 fully saturated rings. The maximum Gasteiger partial charge on any atom is 0.387 e. The van der Waals surface area contributed by atoms with Crippen LogP contribution in [0, 0.1) is 5.92 Å². The molecule has 0 radical (unpaired) electrons. The van der Waals surface area contributed by atoms with Gasteiger partial charge in [-0.3, -0.25) is 23.7 Å². The van der Waals surface area contributed by atoms with E-state index in [0.29, 0.717) is 23.7 Å². The van der Waals surface area contributed by atoms with E-state index in [9.17, 15) is 23.2 Å². The van der Waals surface area contributed by atoms with Crippen molar-refractivity contribution in [2.75, 3.05) is 6.61 Å². The standard InChI is InChI=1S/C27H25Cl2F2N5O6/c1-34-24-23(25(38)35(2)27(34)39)36(13-33-24)11-22(37)41-20(8-16-17(28)9-32-10-18(16)29)15-5-6-19(42-26(30)31)21(7-15)40-12-14-3-4-14/h5-7,9-10,13-14,20,26H,3-4,8,11-12H2,1-2H3. The third kappa shape index (κ3) is 6.26. The van der Waals surface area contributed by atoms with Crippen molar-refractivity contribution >= 4 is 40.3 Å². The molecule has 1 aliphatic carbocycles. The number of esters is 1. The molecule has 0 aliphatic heterocycles. The number of hydrogen-bond acceptors (Lipinski definition) is 8. The van der Waals surface area contributed by atoms with Crippen LogP contribution < -0.4 is 20.7 Å². The molecule has 0 amide bonds. The molecule has 1 aliphatic rings. The highest BCUT2D eigenvalue weighted by atomic mass is 35.5. The number of fused-ring (bicyclic) bond motifs is 1. The number of carbonyl (C=O) groups excluding carboxylic acids is 1. The Morgan fingerprint density at radius 3 is 2.48 bits per heavy atom. The molecule has 1 saturated carbocycles. The summed E-state index contributed by atoms with van der Waals surface area (Å²) in [6, 6.07) is 4.26. The summed E-state index contributed by atoms with van der Waals surface area (Å²) in [4.78, 5) is 46.4. The van der Waals surface area contributed by atoms with Crippen molar-refractivity contribution in [1.82, 2.24) is 23.7 Å². The molecule has 11 nitrogen and oxygen atoms in total. The van der Waals surface area contributed by atoms with Crippen LogP contribution in [0.2, 0.25) is 10.0 Å². The largest absolute Gasteiger partial charge is 0.489 e. The van der Waals surface area contributed by atoms with Gasteiger partial charge < -0.3 is 18.8 Å². The molecule has 3 heterocycles. The SMILES string of the molecule is Cn1c(=O)c2c(ncn2CC(=O)OC(Cc2c(Cl)cncc2Cl)c2ccc(OC(F)F)c(OCC3CC3)c2)n(C)c1=O. The minimum absolute atomic E-state index is 0.00395. The number of alkyl halides is 2. The Labute approximate surface area is 247 Å². The fourth-order valence-electron chi connectivity index (χ4n) is 4.42. The highest BCUT2D eigenvalue weighted by Crippen LogP contribution is 2.38. The van der Waals surface area contributed by atoms with E-state index in [0.717, 1.165) is 17.4 Å². The fourth-order valence-corrected chi connectivity index (χ4v) is 4.94. The van der Waals surface area contributed by atoms with Gasteiger partial charge >= 0.3 is 18.3 Å². The minimum Gasteiger partial charge on any atom is -0.489 e. The second kappa shape index (κ2) is 12.1. The lowest BCUT2D eigenvalue weighted by Crippen LogP contribution is -2.37. The van der Waals surface area contributed by atoms with Gasteiger partial charge in [-0.2, -0.15) is 8.78 Å². The molecule has 3 aromatic heterocycles. The molecule has 42 heavy (non-hydrogen) atoms. The zero-order valence-electron chi connectivity index (χ0n) is 22.4. The summed E-state index contributed by atoms with van der Waals surface area (Å²) in [6.45, 7) is -3.17. The highest BCUT2D eigenvalue weighted by molar-refractivity contribution is 6.35. The Hall–Kier alpha value is -3.97. The number of imidazole rings is 1. The van der Waals surface area contributed by atoms with Gasteiger partial charge in [-0.05, 0) is 42.0 Å². The number of ether oxygens (including phenoxy) is 3. The molecule has 222 valence electrons. The zero-order valence-corrected chi connectivity index (χ0v) is 23.9. The minimum atomic E-state index is -3.07. The Morgan fingerprint density at radius 2 is 1.81 bits per heavy atom. The Bertz CT molecular complexity index is 1750. The molecule has 0 saturated heterocycles. The molecule has 4 aromatic rings. The number of aryl methyl sites for hydroxylation is 1. The van der Waals surface area contributed by atoms with Crippen molar-refractivity contribution < 1.29 is 27.8 Å². The van der Waals surface area contributed by atoms with Crippen LogP contribution in [0.3, 0.4) is 0 Å². The first-order valence-electron chi connectivity index (χ1n) is 12.8. The third-order valence-electron chi connectivity index (χ3n) is 6.86. The average molecular weight is 624 g/mol. The van der Waals surface area contributed by atoms with Gasteiger partial charge in [0.15, 0.2) is 22.7 Å². The van der Waals surface area contributed by atoms with E-state index in [-0.39, 0.29) is 39.1 Å². The van der Waals surface area contributed by atoms with Crippen molar-refractivity contribution in [3.05, 3.63) is 78.9 Å². The van der Waals surface area contributed by atoms with Gasteiger partial charge in [0.25, 0.3) is 5.56 Å². The van der Waals surface area contributed by atoms with Crippen molar-refractivity contribution in [2.45, 2.75) is 38.5 Å². The second-order valence-corrected chi connectivity index (χ2v) is 10.7. The summed E-state index contributed by atoms with van der Waals surface area (Å²) in [7, 11) is 2.78. The first-order chi connectivity index (χ1) is 20.0. The number of carbonyl (C=O) groups is 1. The lowest BCUT2D eigenvalue weighted by Gasteiger charge is -2.22. The normalized spacial score (nSPS) is 13.9. The van der Waals surface area contributed by atoms with E-state index >= 15 is 0 Å². The molecule has 5 rings (SSSR count). The Morgan fingerprint density at radius 1 is 1.10 bits per heavy atom. The summed E-state index contributed by atoms with van der Waals surface area (Å²) < 4.78 is 45.8. The molecule has 0 spiro atoms. The summed E-state index contributed by atoms with van der Waals surface area (Å²) in [5, 5.41) is 0.466. The predicted octanol–water partition coefficient (Wildman–Crippen LogP) is 4.05. The van der Waals surface area contributed by atoms with Crippen LogP contribution in [0.4, 0.5) is 8.78 Å². The number of rotatable bonds is 11. The van der Waals surface area contributed by atoms with E-state index in [1.54, 1.807) is 0 Å². The third-order valence-corrected chi connectivity index (χ3v) is 7.51. The van der Waals surface area contributed by atoms with Crippen LogP contribution in [0.1, 0.15) is 30.1 Å². The van der Waals surface area contributed by atoms with Crippen LogP contribution in [-0.2, 0) is 36.6 Å². The quantitative estimate of drug-likeness (QED) is 0.230. The molecule has 0 N–H and O–H groups in total. The summed E-state index contributed by atoms with van der Waals surface area (Å²) >= 11 is 12.7. The van der Waals surface area contributed by atoms with Gasteiger partial charge in [-0.1, -0.05) is 29.3 Å². The number of halogens is 4. The number of benzene rings is 1. The average Bonchev–Trinajstić information content (AvgIpc) is 3.69. The van der Waals surface area contributed by atoms with Gasteiger partial charge in [0.1, 0.15) is 12.6 Å². The first-order valence-corrected chi connectivity index (χ1v) is 13.6. The molecule has 1 unspecified atom stereocenters. The van der Waals surface area contributed by atoms with E-state index in [1.165, 1.54) is 60.1 Å². The molecule has 1 atom stereocenters. The second-order valence-electron chi connectivity index (χ2n) is 9.85. The summed E-state index contributed by atoms with van der Waals surface area (Å²) in [5.74, 6) is -0.526. The number of pyridine rings is 1. The Balaban J connectivity index is 1.48. The summed E-state index contributed by atoms with van der Waals surface area (Å²) in [6.07, 6.45) is 4.99. The molecule has 1 aromatic carbocycles. The lowest BCUT2D eigenvalue weighted by atomic mass is 10.0. The van der Waals surface area contributed by atoms with Crippen LogP contribution in [0.25, 0.3) is 11.2 Å².